The number of amides is 5. The summed E-state index contributed by atoms with van der Waals surface area (Å²) in [6.45, 7) is 6.15. The number of likely N-dealkylation sites (N-methyl/N-ethyl adjacent to an activating group) is 1. The van der Waals surface area contributed by atoms with Crippen molar-refractivity contribution in [1.29, 1.82) is 5.26 Å². The molecule has 1 fully saturated rings. The Morgan fingerprint density at radius 3 is 2.26 bits per heavy atom. The highest BCUT2D eigenvalue weighted by molar-refractivity contribution is 5.97. The summed E-state index contributed by atoms with van der Waals surface area (Å²) in [5.41, 5.74) is 16.1. The molecule has 57 heavy (non-hydrogen) atoms. The predicted molar refractivity (Wildman–Crippen MR) is 212 cm³/mol. The van der Waals surface area contributed by atoms with Crippen molar-refractivity contribution >= 4 is 29.5 Å². The fourth-order valence-electron chi connectivity index (χ4n) is 7.07. The van der Waals surface area contributed by atoms with Gasteiger partial charge in [0.1, 0.15) is 49.4 Å². The minimum Gasteiger partial charge on any atom is -0.492 e. The van der Waals surface area contributed by atoms with Crippen LogP contribution < -0.4 is 47.5 Å². The van der Waals surface area contributed by atoms with Gasteiger partial charge >= 0.3 is 0 Å². The van der Waals surface area contributed by atoms with E-state index in [0.717, 1.165) is 11.1 Å². The van der Waals surface area contributed by atoms with Gasteiger partial charge in [0.2, 0.25) is 23.6 Å². The van der Waals surface area contributed by atoms with E-state index in [4.69, 9.17) is 26.2 Å². The Morgan fingerprint density at radius 1 is 0.912 bits per heavy atom. The third-order valence-electron chi connectivity index (χ3n) is 9.94. The summed E-state index contributed by atoms with van der Waals surface area (Å²) in [4.78, 5) is 69.9. The Labute approximate surface area is 332 Å². The smallest absolute Gasteiger partial charge is 0.251 e. The van der Waals surface area contributed by atoms with Crippen LogP contribution in [0, 0.1) is 25.2 Å². The van der Waals surface area contributed by atoms with Crippen LogP contribution >= 0.6 is 0 Å². The van der Waals surface area contributed by atoms with Crippen LogP contribution in [0.1, 0.15) is 52.0 Å². The molecule has 3 aromatic rings. The van der Waals surface area contributed by atoms with Crippen LogP contribution in [-0.2, 0) is 25.6 Å². The Kier molecular flexibility index (Phi) is 14.2. The molecule has 3 aromatic carbocycles. The van der Waals surface area contributed by atoms with E-state index in [1.54, 1.807) is 42.5 Å². The van der Waals surface area contributed by atoms with Gasteiger partial charge in [-0.05, 0) is 74.2 Å². The highest BCUT2D eigenvalue weighted by Crippen LogP contribution is 2.40. The first-order valence-electron chi connectivity index (χ1n) is 18.9. The lowest BCUT2D eigenvalue weighted by molar-refractivity contribution is -0.141. The predicted octanol–water partition coefficient (Wildman–Crippen LogP) is 0.491. The second kappa shape index (κ2) is 19.2. The molecule has 0 radical (unpaired) electrons. The van der Waals surface area contributed by atoms with Crippen LogP contribution in [0.15, 0.2) is 54.6 Å². The SMILES string of the molecule is Cc1ccc(C(=O)NC2CN[C@H](C(=O)N(C)[C@@H]3C(=O)N[C@@H](C)C(=O)N[C@H](C(=O)NCC#N)Cc4ccc(OCCN)c(c4)-c4cc3ccc4OCCN)C2)c(C)c1. The molecule has 16 nitrogen and oxygen atoms in total. The van der Waals surface area contributed by atoms with E-state index in [0.29, 0.717) is 45.9 Å². The van der Waals surface area contributed by atoms with E-state index >= 15 is 0 Å². The summed E-state index contributed by atoms with van der Waals surface area (Å²) in [6.07, 6.45) is 0.306. The van der Waals surface area contributed by atoms with Crippen LogP contribution in [0.3, 0.4) is 0 Å². The Bertz CT molecular complexity index is 2030. The van der Waals surface area contributed by atoms with Gasteiger partial charge in [0.25, 0.3) is 5.91 Å². The van der Waals surface area contributed by atoms with E-state index in [2.05, 4.69) is 26.6 Å². The van der Waals surface area contributed by atoms with Gasteiger partial charge in [0.05, 0.1) is 12.1 Å². The molecule has 4 bridgehead atoms. The lowest BCUT2D eigenvalue weighted by Crippen LogP contribution is -2.55. The van der Waals surface area contributed by atoms with Crippen molar-refractivity contribution in [2.45, 2.75) is 63.8 Å². The van der Waals surface area contributed by atoms with Gasteiger partial charge < -0.3 is 52.4 Å². The van der Waals surface area contributed by atoms with Gasteiger partial charge in [-0.3, -0.25) is 24.0 Å². The van der Waals surface area contributed by atoms with E-state index in [1.165, 1.54) is 18.9 Å². The molecular weight excluding hydrogens is 731 g/mol. The Morgan fingerprint density at radius 2 is 1.60 bits per heavy atom. The zero-order valence-electron chi connectivity index (χ0n) is 32.6. The molecule has 2 aliphatic heterocycles. The fraction of sp³-hybridized carbons (Fsp3) is 0.415. The van der Waals surface area contributed by atoms with Crippen molar-refractivity contribution in [3.8, 4) is 28.7 Å². The third-order valence-corrected chi connectivity index (χ3v) is 9.94. The summed E-state index contributed by atoms with van der Waals surface area (Å²) in [7, 11) is 1.51. The molecule has 0 saturated carbocycles. The highest BCUT2D eigenvalue weighted by atomic mass is 16.5. The van der Waals surface area contributed by atoms with Crippen molar-refractivity contribution < 1.29 is 33.4 Å². The maximum atomic E-state index is 14.4. The van der Waals surface area contributed by atoms with E-state index in [-0.39, 0.29) is 57.6 Å². The maximum absolute atomic E-state index is 14.4. The fourth-order valence-corrected chi connectivity index (χ4v) is 7.07. The topological polar surface area (TPSA) is 243 Å². The number of nitrogens with one attached hydrogen (secondary N) is 5. The van der Waals surface area contributed by atoms with Crippen molar-refractivity contribution in [3.05, 3.63) is 82.4 Å². The number of benzene rings is 3. The van der Waals surface area contributed by atoms with Crippen LogP contribution in [-0.4, -0.2) is 105 Å². The van der Waals surface area contributed by atoms with Crippen LogP contribution in [0.5, 0.6) is 11.5 Å². The average molecular weight is 782 g/mol. The van der Waals surface area contributed by atoms with Gasteiger partial charge in [-0.2, -0.15) is 5.26 Å². The maximum Gasteiger partial charge on any atom is 0.251 e. The average Bonchev–Trinajstić information content (AvgIpc) is 3.66. The molecule has 5 rings (SSSR count). The van der Waals surface area contributed by atoms with Crippen molar-refractivity contribution in [2.24, 2.45) is 11.5 Å². The number of aryl methyl sites for hydroxylation is 2. The molecule has 302 valence electrons. The van der Waals surface area contributed by atoms with E-state index < -0.39 is 47.8 Å². The normalized spacial score (nSPS) is 20.5. The number of carbonyl (C=O) groups excluding carboxylic acids is 5. The summed E-state index contributed by atoms with van der Waals surface area (Å²) >= 11 is 0. The first-order chi connectivity index (χ1) is 27.3. The molecule has 0 spiro atoms. The molecule has 2 aliphatic rings. The molecular formula is C41H51N9O7. The molecule has 5 amide bonds. The zero-order valence-corrected chi connectivity index (χ0v) is 32.6. The number of ether oxygens (including phenoxy) is 2. The minimum absolute atomic E-state index is 0.0346. The number of fused-ring (bicyclic) bond motifs is 5. The molecule has 1 saturated heterocycles. The first kappa shape index (κ1) is 42.1. The minimum atomic E-state index is -1.25. The summed E-state index contributed by atoms with van der Waals surface area (Å²) < 4.78 is 12.1. The largest absolute Gasteiger partial charge is 0.492 e. The standard InChI is InChI=1S/C41H51N9O7/c1-23-5-8-29(24(2)17-23)38(52)48-28-21-33(46-22-28)41(55)50(4)36-27-7-10-35(57-16-13-44)31(20-27)30-18-26(6-9-34(30)56-15-12-43)19-32(39(53)45-14-11-42)49-37(51)25(3)47-40(36)54/h5-10,17-18,20,25,28,32-33,36,46H,12-16,19,21-22,43-44H2,1-4H3,(H,45,53)(H,47,54)(H,48,52)(H,49,51)/t25-,28?,32-,33-,36-/m0/s1. The number of hydrogen-bond donors (Lipinski definition) is 7. The quantitative estimate of drug-likeness (QED) is 0.125. The van der Waals surface area contributed by atoms with Crippen LogP contribution in [0.4, 0.5) is 0 Å². The molecule has 5 atom stereocenters. The summed E-state index contributed by atoms with van der Waals surface area (Å²) in [5, 5.41) is 23.3. The highest BCUT2D eigenvalue weighted by Gasteiger charge is 2.38. The van der Waals surface area contributed by atoms with Gasteiger partial charge in [-0.1, -0.05) is 29.8 Å². The second-order valence-electron chi connectivity index (χ2n) is 14.3. The van der Waals surface area contributed by atoms with E-state index in [9.17, 15) is 24.0 Å². The number of carbonyl (C=O) groups is 5. The van der Waals surface area contributed by atoms with Crippen molar-refractivity contribution in [1.82, 2.24) is 31.5 Å². The molecule has 2 heterocycles. The molecule has 0 aliphatic carbocycles. The van der Waals surface area contributed by atoms with Crippen LogP contribution in [0.25, 0.3) is 11.1 Å². The van der Waals surface area contributed by atoms with E-state index in [1.807, 2.05) is 32.0 Å². The lowest BCUT2D eigenvalue weighted by Gasteiger charge is -2.31. The molecule has 1 unspecified atom stereocenters. The zero-order chi connectivity index (χ0) is 41.2. The van der Waals surface area contributed by atoms with Crippen molar-refractivity contribution in [2.75, 3.05) is 46.4 Å². The van der Waals surface area contributed by atoms with Gasteiger partial charge in [-0.15, -0.1) is 0 Å². The summed E-state index contributed by atoms with van der Waals surface area (Å²) in [6, 6.07) is 13.2. The molecule has 16 heteroatoms. The number of nitrogens with two attached hydrogens (primary N) is 2. The number of hydrogen-bond acceptors (Lipinski definition) is 11. The Balaban J connectivity index is 1.54. The molecule has 9 N–H and O–H groups in total. The third kappa shape index (κ3) is 10.2. The second-order valence-corrected chi connectivity index (χ2v) is 14.3. The lowest BCUT2D eigenvalue weighted by atomic mass is 9.93. The first-order valence-corrected chi connectivity index (χ1v) is 18.9. The van der Waals surface area contributed by atoms with Gasteiger partial charge in [0, 0.05) is 55.8 Å². The summed E-state index contributed by atoms with van der Waals surface area (Å²) in [5.74, 6) is -1.71. The van der Waals surface area contributed by atoms with Gasteiger partial charge in [0.15, 0.2) is 0 Å². The number of nitrogens with zero attached hydrogens (tertiary/aromatic N) is 2. The Hall–Kier alpha value is -6.02. The van der Waals surface area contributed by atoms with Gasteiger partial charge in [-0.25, -0.2) is 0 Å². The van der Waals surface area contributed by atoms with Crippen molar-refractivity contribution in [3.63, 3.8) is 0 Å². The van der Waals surface area contributed by atoms with Crippen LogP contribution in [0.2, 0.25) is 0 Å². The number of rotatable bonds is 12. The monoisotopic (exact) mass is 781 g/mol. The number of nitriles is 1. The molecule has 0 aromatic heterocycles.